The number of alkyl halides is 3. The van der Waals surface area contributed by atoms with Gasteiger partial charge in [-0.2, -0.15) is 13.2 Å². The normalized spacial score (nSPS) is 11.8. The van der Waals surface area contributed by atoms with Gasteiger partial charge in [0, 0.05) is 38.6 Å². The molecular weight excluding hydrogens is 700 g/mol. The molecule has 9 rings (SSSR count). The average Bonchev–Trinajstić information content (AvgIpc) is 3.52. The van der Waals surface area contributed by atoms with E-state index in [1.165, 1.54) is 12.1 Å². The van der Waals surface area contributed by atoms with E-state index in [0.717, 1.165) is 83.8 Å². The summed E-state index contributed by atoms with van der Waals surface area (Å²) in [5.41, 5.74) is 12.1. The third-order valence-electron chi connectivity index (χ3n) is 10.4. The Hall–Kier alpha value is -6.79. The lowest BCUT2D eigenvalue weighted by Crippen LogP contribution is -2.06. The van der Waals surface area contributed by atoms with E-state index < -0.39 is 11.7 Å². The Balaban J connectivity index is 1.44. The molecular formula is C50H36F3N3. The van der Waals surface area contributed by atoms with Crippen LogP contribution in [0.15, 0.2) is 164 Å². The van der Waals surface area contributed by atoms with Crippen molar-refractivity contribution in [3.8, 4) is 61.8 Å². The molecule has 0 spiro atoms. The van der Waals surface area contributed by atoms with Crippen LogP contribution < -0.4 is 0 Å². The molecule has 6 heteroatoms. The fourth-order valence-electron chi connectivity index (χ4n) is 7.70. The number of aromatic nitrogens is 3. The van der Waals surface area contributed by atoms with Crippen LogP contribution in [0.4, 0.5) is 13.2 Å². The van der Waals surface area contributed by atoms with Gasteiger partial charge in [0.15, 0.2) is 5.82 Å². The van der Waals surface area contributed by atoms with E-state index >= 15 is 0 Å². The Kier molecular flexibility index (Phi) is 8.62. The highest BCUT2D eigenvalue weighted by Gasteiger charge is 2.31. The molecule has 0 fully saturated rings. The van der Waals surface area contributed by atoms with Crippen molar-refractivity contribution in [2.75, 3.05) is 0 Å². The van der Waals surface area contributed by atoms with Gasteiger partial charge >= 0.3 is 6.18 Å². The first-order valence-electron chi connectivity index (χ1n) is 18.6. The summed E-state index contributed by atoms with van der Waals surface area (Å²) >= 11 is 0. The second-order valence-corrected chi connectivity index (χ2v) is 14.4. The van der Waals surface area contributed by atoms with Gasteiger partial charge in [-0.15, -0.1) is 0 Å². The Morgan fingerprint density at radius 1 is 0.429 bits per heavy atom. The van der Waals surface area contributed by atoms with Crippen molar-refractivity contribution in [3.63, 3.8) is 0 Å². The van der Waals surface area contributed by atoms with Crippen molar-refractivity contribution >= 4 is 21.8 Å². The molecule has 3 nitrogen and oxygen atoms in total. The van der Waals surface area contributed by atoms with Crippen LogP contribution in [0.5, 0.6) is 0 Å². The Morgan fingerprint density at radius 2 is 0.929 bits per heavy atom. The van der Waals surface area contributed by atoms with Gasteiger partial charge in [0.05, 0.1) is 33.7 Å². The molecule has 0 amide bonds. The molecule has 0 aliphatic heterocycles. The van der Waals surface area contributed by atoms with Gasteiger partial charge in [-0.1, -0.05) is 126 Å². The van der Waals surface area contributed by atoms with Gasteiger partial charge < -0.3 is 4.57 Å². The van der Waals surface area contributed by atoms with Gasteiger partial charge in [-0.3, -0.25) is 0 Å². The van der Waals surface area contributed by atoms with Crippen LogP contribution in [0, 0.1) is 20.8 Å². The molecule has 0 aliphatic rings. The molecule has 0 aliphatic carbocycles. The molecule has 2 heterocycles. The minimum absolute atomic E-state index is 0.445. The van der Waals surface area contributed by atoms with E-state index in [-0.39, 0.29) is 0 Å². The summed E-state index contributed by atoms with van der Waals surface area (Å²) in [5, 5.41) is 2.16. The highest BCUT2D eigenvalue weighted by Crippen LogP contribution is 2.45. The van der Waals surface area contributed by atoms with E-state index in [9.17, 15) is 13.2 Å². The topological polar surface area (TPSA) is 30.7 Å². The summed E-state index contributed by atoms with van der Waals surface area (Å²) in [7, 11) is 0. The molecule has 0 unspecified atom stereocenters. The van der Waals surface area contributed by atoms with Crippen molar-refractivity contribution in [1.82, 2.24) is 14.5 Å². The van der Waals surface area contributed by atoms with E-state index in [2.05, 4.69) is 86.0 Å². The summed E-state index contributed by atoms with van der Waals surface area (Å²) in [4.78, 5) is 10.2. The summed E-state index contributed by atoms with van der Waals surface area (Å²) in [6, 6.07) is 52.6. The Labute approximate surface area is 323 Å². The number of halogens is 3. The van der Waals surface area contributed by atoms with Crippen molar-refractivity contribution in [2.24, 2.45) is 0 Å². The zero-order valence-corrected chi connectivity index (χ0v) is 31.1. The number of fused-ring (bicyclic) bond motifs is 3. The van der Waals surface area contributed by atoms with Crippen molar-refractivity contribution < 1.29 is 13.2 Å². The molecule has 0 atom stereocenters. The first-order valence-corrected chi connectivity index (χ1v) is 18.6. The van der Waals surface area contributed by atoms with Crippen molar-refractivity contribution in [1.29, 1.82) is 0 Å². The van der Waals surface area contributed by atoms with Crippen LogP contribution in [0.2, 0.25) is 0 Å². The second kappa shape index (κ2) is 13.8. The fraction of sp³-hybridized carbons (Fsp3) is 0.0800. The van der Waals surface area contributed by atoms with Crippen molar-refractivity contribution in [3.05, 3.63) is 186 Å². The first kappa shape index (κ1) is 34.9. The van der Waals surface area contributed by atoms with Crippen LogP contribution in [0.1, 0.15) is 22.3 Å². The predicted octanol–water partition coefficient (Wildman–Crippen LogP) is 13.9. The summed E-state index contributed by atoms with van der Waals surface area (Å²) in [6.45, 7) is 6.21. The number of nitrogens with zero attached hydrogens (tertiary/aromatic N) is 3. The molecule has 0 N–H and O–H groups in total. The first-order chi connectivity index (χ1) is 27.1. The maximum atomic E-state index is 14.5. The number of rotatable bonds is 6. The van der Waals surface area contributed by atoms with Crippen molar-refractivity contribution in [2.45, 2.75) is 26.9 Å². The SMILES string of the molecule is Cc1cccc(-c2cc(-c3cc(-c4ccccc4)nc(-c4ccccc4)n3)cc(-c3cccc(C(F)(F)F)c3)c2-n2c3ccc(C)cc3c3cc(C)ccc32)c1. The third kappa shape index (κ3) is 6.43. The lowest BCUT2D eigenvalue weighted by Gasteiger charge is -2.22. The fourth-order valence-corrected chi connectivity index (χ4v) is 7.70. The van der Waals surface area contributed by atoms with Gasteiger partial charge in [-0.05, 0) is 86.5 Å². The molecule has 56 heavy (non-hydrogen) atoms. The number of aryl methyl sites for hydroxylation is 3. The zero-order valence-electron chi connectivity index (χ0n) is 31.1. The number of hydrogen-bond acceptors (Lipinski definition) is 2. The van der Waals surface area contributed by atoms with E-state index in [1.807, 2.05) is 78.9 Å². The lowest BCUT2D eigenvalue weighted by molar-refractivity contribution is -0.137. The molecule has 0 radical (unpaired) electrons. The smallest absolute Gasteiger partial charge is 0.308 e. The number of hydrogen-bond donors (Lipinski definition) is 0. The van der Waals surface area contributed by atoms with E-state index in [4.69, 9.17) is 9.97 Å². The second-order valence-electron chi connectivity index (χ2n) is 14.4. The Bertz CT molecular complexity index is 2810. The minimum atomic E-state index is -4.53. The standard InChI is InChI=1S/C50H36F3N3/c1-31-12-10-17-36(24-31)40-28-38(45-30-44(34-13-6-4-7-14-34)54-49(55-45)35-15-8-5-9-16-35)29-41(37-18-11-19-39(27-37)50(51,52)53)48(40)56-46-22-20-32(2)25-42(46)43-26-33(3)21-23-47(43)56/h4-30H,1-3H3. The minimum Gasteiger partial charge on any atom is -0.308 e. The van der Waals surface area contributed by atoms with Gasteiger partial charge in [-0.25, -0.2) is 9.97 Å². The van der Waals surface area contributed by atoms with Gasteiger partial charge in [0.1, 0.15) is 0 Å². The van der Waals surface area contributed by atoms with E-state index in [1.54, 1.807) is 6.07 Å². The third-order valence-corrected chi connectivity index (χ3v) is 10.4. The maximum absolute atomic E-state index is 14.5. The molecule has 0 saturated carbocycles. The Morgan fingerprint density at radius 3 is 1.50 bits per heavy atom. The lowest BCUT2D eigenvalue weighted by atomic mass is 9.90. The molecule has 0 bridgehead atoms. The van der Waals surface area contributed by atoms with Crippen LogP contribution in [0.25, 0.3) is 83.6 Å². The maximum Gasteiger partial charge on any atom is 0.416 e. The zero-order chi connectivity index (χ0) is 38.6. The van der Waals surface area contributed by atoms with Crippen LogP contribution in [-0.2, 0) is 6.18 Å². The summed E-state index contributed by atoms with van der Waals surface area (Å²) in [5.74, 6) is 0.553. The quantitative estimate of drug-likeness (QED) is 0.170. The van der Waals surface area contributed by atoms with Crippen LogP contribution in [0.3, 0.4) is 0 Å². The average molecular weight is 736 g/mol. The highest BCUT2D eigenvalue weighted by atomic mass is 19.4. The molecule has 9 aromatic rings. The van der Waals surface area contributed by atoms with Crippen LogP contribution in [-0.4, -0.2) is 14.5 Å². The number of benzene rings is 7. The summed E-state index contributed by atoms with van der Waals surface area (Å²) in [6.07, 6.45) is -4.53. The predicted molar refractivity (Wildman–Crippen MR) is 223 cm³/mol. The summed E-state index contributed by atoms with van der Waals surface area (Å²) < 4.78 is 45.6. The molecule has 272 valence electrons. The monoisotopic (exact) mass is 735 g/mol. The van der Waals surface area contributed by atoms with Gasteiger partial charge in [0.2, 0.25) is 0 Å². The van der Waals surface area contributed by atoms with Crippen LogP contribution >= 0.6 is 0 Å². The largest absolute Gasteiger partial charge is 0.416 e. The molecule has 2 aromatic heterocycles. The highest BCUT2D eigenvalue weighted by molar-refractivity contribution is 6.11. The van der Waals surface area contributed by atoms with E-state index in [0.29, 0.717) is 22.6 Å². The molecule has 7 aromatic carbocycles. The van der Waals surface area contributed by atoms with Gasteiger partial charge in [0.25, 0.3) is 0 Å². The molecule has 0 saturated heterocycles.